The van der Waals surface area contributed by atoms with Gasteiger partial charge in [0.1, 0.15) is 11.9 Å². The molecule has 0 amide bonds. The van der Waals surface area contributed by atoms with Crippen LogP contribution in [0.1, 0.15) is 24.5 Å². The Morgan fingerprint density at radius 1 is 1.05 bits per heavy atom. The van der Waals surface area contributed by atoms with Gasteiger partial charge in [-0.15, -0.1) is 0 Å². The van der Waals surface area contributed by atoms with Crippen LogP contribution in [0.2, 0.25) is 0 Å². The lowest BCUT2D eigenvalue weighted by Gasteiger charge is -2.13. The fourth-order valence-corrected chi connectivity index (χ4v) is 2.04. The first-order valence-electron chi connectivity index (χ1n) is 6.65. The molecule has 20 heavy (non-hydrogen) atoms. The summed E-state index contributed by atoms with van der Waals surface area (Å²) in [7, 11) is 0. The molecule has 0 spiro atoms. The van der Waals surface area contributed by atoms with Gasteiger partial charge in [0.05, 0.1) is 6.42 Å². The summed E-state index contributed by atoms with van der Waals surface area (Å²) in [6, 6.07) is 18.0. The van der Waals surface area contributed by atoms with Crippen LogP contribution in [0.5, 0.6) is 5.75 Å². The molecule has 1 atom stereocenters. The molecule has 2 aromatic rings. The molecule has 0 saturated carbocycles. The Hall–Kier alpha value is -2.29. The summed E-state index contributed by atoms with van der Waals surface area (Å²) in [5.74, 6) is -0.145. The van der Waals surface area contributed by atoms with Crippen molar-refractivity contribution in [1.82, 2.24) is 0 Å². The van der Waals surface area contributed by atoms with Crippen LogP contribution in [0.25, 0.3) is 0 Å². The summed E-state index contributed by atoms with van der Waals surface area (Å²) in [6.07, 6.45) is 0.560. The number of hydrogen-bond donors (Lipinski definition) is 1. The quantitative estimate of drug-likeness (QED) is 0.873. The minimum absolute atomic E-state index is 0.00572. The Morgan fingerprint density at radius 2 is 1.65 bits per heavy atom. The summed E-state index contributed by atoms with van der Waals surface area (Å²) in [4.78, 5) is 10.6. The largest absolute Gasteiger partial charge is 0.490 e. The summed E-state index contributed by atoms with van der Waals surface area (Å²) < 4.78 is 5.55. The predicted molar refractivity (Wildman–Crippen MR) is 78.0 cm³/mol. The van der Waals surface area contributed by atoms with E-state index >= 15 is 0 Å². The zero-order chi connectivity index (χ0) is 14.4. The topological polar surface area (TPSA) is 46.5 Å². The monoisotopic (exact) mass is 270 g/mol. The molecular weight excluding hydrogens is 252 g/mol. The van der Waals surface area contributed by atoms with Crippen LogP contribution in [0.15, 0.2) is 54.6 Å². The number of rotatable bonds is 6. The molecule has 0 aromatic heterocycles. The van der Waals surface area contributed by atoms with Crippen LogP contribution in [-0.2, 0) is 11.2 Å². The molecule has 0 heterocycles. The number of carboxylic acid groups (broad SMARTS) is 1. The molecule has 0 aliphatic carbocycles. The van der Waals surface area contributed by atoms with E-state index in [2.05, 4.69) is 12.1 Å². The zero-order valence-corrected chi connectivity index (χ0v) is 11.5. The summed E-state index contributed by atoms with van der Waals surface area (Å²) in [5, 5.41) is 8.69. The number of benzene rings is 2. The standard InChI is InChI=1S/C17H18O3/c1-13(11-17(18)19)20-16-9-7-15(8-10-16)12-14-5-3-2-4-6-14/h2-10,13H,11-12H2,1H3,(H,18,19)/t13-/m0/s1. The third-order valence-electron chi connectivity index (χ3n) is 2.97. The molecule has 0 aliphatic heterocycles. The van der Waals surface area contributed by atoms with Gasteiger partial charge in [-0.05, 0) is 36.6 Å². The van der Waals surface area contributed by atoms with Gasteiger partial charge in [-0.25, -0.2) is 0 Å². The number of aliphatic carboxylic acids is 1. The van der Waals surface area contributed by atoms with Crippen LogP contribution >= 0.6 is 0 Å². The van der Waals surface area contributed by atoms with Crippen molar-refractivity contribution in [2.45, 2.75) is 25.9 Å². The molecule has 0 bridgehead atoms. The summed E-state index contributed by atoms with van der Waals surface area (Å²) in [5.41, 5.74) is 2.47. The lowest BCUT2D eigenvalue weighted by atomic mass is 10.1. The minimum atomic E-state index is -0.849. The van der Waals surface area contributed by atoms with Crippen LogP contribution < -0.4 is 4.74 Å². The van der Waals surface area contributed by atoms with E-state index in [1.807, 2.05) is 42.5 Å². The second-order valence-corrected chi connectivity index (χ2v) is 4.83. The normalized spacial score (nSPS) is 11.8. The molecule has 1 N–H and O–H groups in total. The van der Waals surface area contributed by atoms with E-state index in [0.717, 1.165) is 6.42 Å². The van der Waals surface area contributed by atoms with Crippen LogP contribution in [-0.4, -0.2) is 17.2 Å². The smallest absolute Gasteiger partial charge is 0.307 e. The average molecular weight is 270 g/mol. The van der Waals surface area contributed by atoms with Gasteiger partial charge in [0.2, 0.25) is 0 Å². The van der Waals surface area contributed by atoms with Gasteiger partial charge in [0, 0.05) is 0 Å². The fraction of sp³-hybridized carbons (Fsp3) is 0.235. The second-order valence-electron chi connectivity index (χ2n) is 4.83. The van der Waals surface area contributed by atoms with Gasteiger partial charge in [0.15, 0.2) is 0 Å². The highest BCUT2D eigenvalue weighted by Crippen LogP contribution is 2.17. The van der Waals surface area contributed by atoms with Gasteiger partial charge in [-0.2, -0.15) is 0 Å². The van der Waals surface area contributed by atoms with Gasteiger partial charge in [-0.3, -0.25) is 4.79 Å². The maximum Gasteiger partial charge on any atom is 0.307 e. The van der Waals surface area contributed by atoms with E-state index in [0.29, 0.717) is 5.75 Å². The van der Waals surface area contributed by atoms with Crippen molar-refractivity contribution in [3.05, 3.63) is 65.7 Å². The Bertz CT molecular complexity index is 546. The van der Waals surface area contributed by atoms with Gasteiger partial charge in [0.25, 0.3) is 0 Å². The Labute approximate surface area is 118 Å². The van der Waals surface area contributed by atoms with E-state index in [1.54, 1.807) is 6.92 Å². The molecule has 2 rings (SSSR count). The maximum absolute atomic E-state index is 10.6. The predicted octanol–water partition coefficient (Wildman–Crippen LogP) is 3.52. The van der Waals surface area contributed by atoms with Gasteiger partial charge >= 0.3 is 5.97 Å². The SMILES string of the molecule is C[C@@H](CC(=O)O)Oc1ccc(Cc2ccccc2)cc1. The first kappa shape index (κ1) is 14.1. The zero-order valence-electron chi connectivity index (χ0n) is 11.5. The Morgan fingerprint density at radius 3 is 2.25 bits per heavy atom. The first-order valence-corrected chi connectivity index (χ1v) is 6.65. The lowest BCUT2D eigenvalue weighted by Crippen LogP contribution is -2.16. The molecule has 0 aliphatic rings. The first-order chi connectivity index (χ1) is 9.63. The minimum Gasteiger partial charge on any atom is -0.490 e. The number of carbonyl (C=O) groups is 1. The maximum atomic E-state index is 10.6. The van der Waals surface area contributed by atoms with E-state index in [1.165, 1.54) is 11.1 Å². The lowest BCUT2D eigenvalue weighted by molar-refractivity contribution is -0.138. The average Bonchev–Trinajstić information content (AvgIpc) is 2.41. The van der Waals surface area contributed by atoms with E-state index in [9.17, 15) is 4.79 Å². The van der Waals surface area contributed by atoms with Gasteiger partial charge in [-0.1, -0.05) is 42.5 Å². The van der Waals surface area contributed by atoms with Crippen molar-refractivity contribution in [2.75, 3.05) is 0 Å². The molecule has 3 heteroatoms. The summed E-state index contributed by atoms with van der Waals surface area (Å²) >= 11 is 0. The molecule has 0 saturated heterocycles. The van der Waals surface area contributed by atoms with Crippen molar-refractivity contribution in [3.63, 3.8) is 0 Å². The van der Waals surface area contributed by atoms with Crippen LogP contribution in [0, 0.1) is 0 Å². The molecule has 3 nitrogen and oxygen atoms in total. The van der Waals surface area contributed by atoms with E-state index in [-0.39, 0.29) is 12.5 Å². The molecule has 0 fully saturated rings. The van der Waals surface area contributed by atoms with Crippen molar-refractivity contribution < 1.29 is 14.6 Å². The highest BCUT2D eigenvalue weighted by molar-refractivity contribution is 5.67. The number of hydrogen-bond acceptors (Lipinski definition) is 2. The molecule has 104 valence electrons. The van der Waals surface area contributed by atoms with Crippen molar-refractivity contribution in [1.29, 1.82) is 0 Å². The fourth-order valence-electron chi connectivity index (χ4n) is 2.04. The van der Waals surface area contributed by atoms with Crippen LogP contribution in [0.4, 0.5) is 0 Å². The van der Waals surface area contributed by atoms with Crippen LogP contribution in [0.3, 0.4) is 0 Å². The third-order valence-corrected chi connectivity index (χ3v) is 2.97. The Kier molecular flexibility index (Phi) is 4.77. The van der Waals surface area contributed by atoms with E-state index in [4.69, 9.17) is 9.84 Å². The molecular formula is C17H18O3. The molecule has 2 aromatic carbocycles. The second kappa shape index (κ2) is 6.75. The number of ether oxygens (including phenoxy) is 1. The third kappa shape index (κ3) is 4.43. The van der Waals surface area contributed by atoms with Crippen molar-refractivity contribution >= 4 is 5.97 Å². The Balaban J connectivity index is 1.94. The highest BCUT2D eigenvalue weighted by Gasteiger charge is 2.08. The number of carboxylic acids is 1. The van der Waals surface area contributed by atoms with E-state index < -0.39 is 5.97 Å². The molecule has 0 radical (unpaired) electrons. The van der Waals surface area contributed by atoms with Crippen molar-refractivity contribution in [2.24, 2.45) is 0 Å². The van der Waals surface area contributed by atoms with Gasteiger partial charge < -0.3 is 9.84 Å². The molecule has 0 unspecified atom stereocenters. The highest BCUT2D eigenvalue weighted by atomic mass is 16.5. The summed E-state index contributed by atoms with van der Waals surface area (Å²) in [6.45, 7) is 1.76. The van der Waals surface area contributed by atoms with Crippen molar-refractivity contribution in [3.8, 4) is 5.75 Å².